The van der Waals surface area contributed by atoms with Gasteiger partial charge in [0.2, 0.25) is 0 Å². The van der Waals surface area contributed by atoms with Crippen LogP contribution in [-0.2, 0) is 0 Å². The minimum absolute atomic E-state index is 0.470. The first-order valence-electron chi connectivity index (χ1n) is 15.6. The SMILES string of the molecule is CCC([Si](Oc1ccccc1)(Oc1ccccc1)Oc1ccccc1)[Si](Oc1ccccc1)(Oc1ccccc1)Oc1ccccc1. The van der Waals surface area contributed by atoms with Gasteiger partial charge in [-0.2, -0.15) is 0 Å². The van der Waals surface area contributed by atoms with Crippen LogP contribution in [0.2, 0.25) is 5.16 Å². The van der Waals surface area contributed by atoms with Gasteiger partial charge in [-0.25, -0.2) is 0 Å². The largest absolute Gasteiger partial charge is 0.711 e. The quantitative estimate of drug-likeness (QED) is 0.103. The molecule has 0 bridgehead atoms. The maximum atomic E-state index is 7.07. The Bertz CT molecular complexity index is 1430. The number of para-hydroxylation sites is 6. The van der Waals surface area contributed by atoms with Crippen LogP contribution in [0.5, 0.6) is 34.5 Å². The Morgan fingerprint density at radius 1 is 0.319 bits per heavy atom. The first kappa shape index (κ1) is 31.5. The fourth-order valence-corrected chi connectivity index (χ4v) is 12.9. The fourth-order valence-electron chi connectivity index (χ4n) is 5.19. The first-order chi connectivity index (χ1) is 23.2. The summed E-state index contributed by atoms with van der Waals surface area (Å²) in [7, 11) is -8.12. The lowest BCUT2D eigenvalue weighted by Gasteiger charge is -2.41. The highest BCUT2D eigenvalue weighted by Crippen LogP contribution is 2.42. The molecule has 0 spiro atoms. The normalized spacial score (nSPS) is 11.4. The Morgan fingerprint density at radius 3 is 0.638 bits per heavy atom. The van der Waals surface area contributed by atoms with E-state index < -0.39 is 22.8 Å². The van der Waals surface area contributed by atoms with E-state index in [0.29, 0.717) is 40.9 Å². The minimum Gasteiger partial charge on any atom is -0.483 e. The molecule has 0 atom stereocenters. The van der Waals surface area contributed by atoms with E-state index in [1.807, 2.05) is 182 Å². The van der Waals surface area contributed by atoms with Gasteiger partial charge in [0.05, 0.1) is 0 Å². The highest BCUT2D eigenvalue weighted by molar-refractivity contribution is 6.84. The lowest BCUT2D eigenvalue weighted by molar-refractivity contribution is 0.208. The zero-order valence-corrected chi connectivity index (χ0v) is 28.1. The highest BCUT2D eigenvalue weighted by atomic mass is 28.5. The van der Waals surface area contributed by atoms with Gasteiger partial charge in [-0.3, -0.25) is 0 Å². The fraction of sp³-hybridized carbons (Fsp3) is 0.0769. The minimum atomic E-state index is -4.06. The van der Waals surface area contributed by atoms with Crippen molar-refractivity contribution in [3.8, 4) is 34.5 Å². The van der Waals surface area contributed by atoms with Gasteiger partial charge in [-0.1, -0.05) is 116 Å². The molecule has 6 aromatic rings. The third-order valence-corrected chi connectivity index (χ3v) is 15.0. The molecule has 0 aliphatic heterocycles. The van der Waals surface area contributed by atoms with Crippen molar-refractivity contribution in [2.24, 2.45) is 0 Å². The Labute approximate surface area is 278 Å². The molecule has 0 radical (unpaired) electrons. The van der Waals surface area contributed by atoms with Crippen LogP contribution in [0, 0.1) is 0 Å². The van der Waals surface area contributed by atoms with Crippen LogP contribution in [0.25, 0.3) is 0 Å². The zero-order chi connectivity index (χ0) is 32.2. The van der Waals surface area contributed by atoms with E-state index in [-0.39, 0.29) is 0 Å². The van der Waals surface area contributed by atoms with Crippen molar-refractivity contribution in [1.82, 2.24) is 0 Å². The van der Waals surface area contributed by atoms with Gasteiger partial charge in [0.15, 0.2) is 5.16 Å². The number of hydrogen-bond acceptors (Lipinski definition) is 6. The molecule has 0 aliphatic carbocycles. The van der Waals surface area contributed by atoms with Crippen molar-refractivity contribution < 1.29 is 26.6 Å². The van der Waals surface area contributed by atoms with Gasteiger partial charge in [0, 0.05) is 0 Å². The third kappa shape index (κ3) is 8.05. The summed E-state index contributed by atoms with van der Waals surface area (Å²) in [5.41, 5.74) is 0. The molecule has 0 saturated carbocycles. The van der Waals surface area contributed by atoms with Crippen LogP contribution in [0.1, 0.15) is 13.3 Å². The van der Waals surface area contributed by atoms with E-state index in [1.54, 1.807) is 0 Å². The molecule has 6 nitrogen and oxygen atoms in total. The van der Waals surface area contributed by atoms with E-state index >= 15 is 0 Å². The predicted octanol–water partition coefficient (Wildman–Crippen LogP) is 9.66. The summed E-state index contributed by atoms with van der Waals surface area (Å²) in [6, 6.07) is 57.5. The Hall–Kier alpha value is -5.45. The Morgan fingerprint density at radius 2 is 0.489 bits per heavy atom. The molecule has 0 heterocycles. The van der Waals surface area contributed by atoms with Crippen LogP contribution >= 0.6 is 0 Å². The summed E-state index contributed by atoms with van der Waals surface area (Å²) < 4.78 is 42.4. The molecule has 0 aromatic heterocycles. The third-order valence-electron chi connectivity index (χ3n) is 7.28. The van der Waals surface area contributed by atoms with Crippen LogP contribution in [0.4, 0.5) is 0 Å². The summed E-state index contributed by atoms with van der Waals surface area (Å²) in [6.07, 6.45) is 0.470. The maximum absolute atomic E-state index is 7.07. The van der Waals surface area contributed by atoms with Crippen LogP contribution in [0.3, 0.4) is 0 Å². The molecular weight excluding hydrogens is 621 g/mol. The van der Waals surface area contributed by atoms with Crippen molar-refractivity contribution in [2.45, 2.75) is 18.5 Å². The van der Waals surface area contributed by atoms with Crippen LogP contribution < -0.4 is 26.6 Å². The summed E-state index contributed by atoms with van der Waals surface area (Å²) in [4.78, 5) is 0. The lowest BCUT2D eigenvalue weighted by atomic mass is 10.3. The van der Waals surface area contributed by atoms with Gasteiger partial charge in [0.1, 0.15) is 34.5 Å². The molecule has 8 heteroatoms. The molecule has 0 unspecified atom stereocenters. The second kappa shape index (κ2) is 15.2. The molecule has 0 N–H and O–H groups in total. The molecule has 6 aromatic carbocycles. The van der Waals surface area contributed by atoms with Crippen molar-refractivity contribution >= 4 is 17.6 Å². The van der Waals surface area contributed by atoms with E-state index in [2.05, 4.69) is 6.92 Å². The smallest absolute Gasteiger partial charge is 0.483 e. The van der Waals surface area contributed by atoms with E-state index in [9.17, 15) is 0 Å². The molecule has 0 fully saturated rings. The van der Waals surface area contributed by atoms with Gasteiger partial charge in [-0.05, 0) is 79.2 Å². The average molecular weight is 657 g/mol. The summed E-state index contributed by atoms with van der Waals surface area (Å²) in [5.74, 6) is 3.54. The number of hydrogen-bond donors (Lipinski definition) is 0. The Kier molecular flexibility index (Phi) is 10.2. The standard InChI is InChI=1S/C39H36O6Si2/c1-2-39(46(40-33-21-9-3-10-22-33,41-34-23-11-4-12-24-34)42-35-25-13-5-14-26-35)47(43-36-27-15-6-16-28-36,44-37-29-17-7-18-30-37)45-38-31-19-8-20-32-38/h3-32,39H,2H2,1H3. The van der Waals surface area contributed by atoms with Crippen molar-refractivity contribution in [1.29, 1.82) is 0 Å². The summed E-state index contributed by atoms with van der Waals surface area (Å²) >= 11 is 0. The van der Waals surface area contributed by atoms with Gasteiger partial charge in [-0.15, -0.1) is 0 Å². The topological polar surface area (TPSA) is 55.4 Å². The first-order valence-corrected chi connectivity index (χ1v) is 19.2. The zero-order valence-electron chi connectivity index (χ0n) is 26.1. The van der Waals surface area contributed by atoms with Gasteiger partial charge in [0.25, 0.3) is 0 Å². The molecule has 0 amide bonds. The van der Waals surface area contributed by atoms with Gasteiger partial charge >= 0.3 is 17.6 Å². The van der Waals surface area contributed by atoms with Crippen molar-refractivity contribution in [3.05, 3.63) is 182 Å². The van der Waals surface area contributed by atoms with Crippen molar-refractivity contribution in [3.63, 3.8) is 0 Å². The Balaban J connectivity index is 1.61. The van der Waals surface area contributed by atoms with Crippen molar-refractivity contribution in [2.75, 3.05) is 0 Å². The lowest BCUT2D eigenvalue weighted by Crippen LogP contribution is -2.72. The van der Waals surface area contributed by atoms with Gasteiger partial charge < -0.3 is 26.6 Å². The van der Waals surface area contributed by atoms with Crippen LogP contribution in [-0.4, -0.2) is 17.6 Å². The monoisotopic (exact) mass is 656 g/mol. The van der Waals surface area contributed by atoms with E-state index in [1.165, 1.54) is 0 Å². The molecule has 0 aliphatic rings. The second-order valence-corrected chi connectivity index (χ2v) is 16.3. The molecule has 6 rings (SSSR count). The summed E-state index contributed by atoms with van der Waals surface area (Å²) in [6.45, 7) is 2.06. The van der Waals surface area contributed by atoms with E-state index in [4.69, 9.17) is 26.6 Å². The van der Waals surface area contributed by atoms with Crippen LogP contribution in [0.15, 0.2) is 182 Å². The molecule has 0 saturated heterocycles. The number of rotatable bonds is 15. The second-order valence-electron chi connectivity index (χ2n) is 10.7. The highest BCUT2D eigenvalue weighted by Gasteiger charge is 2.75. The van der Waals surface area contributed by atoms with E-state index in [0.717, 1.165) is 0 Å². The average Bonchev–Trinajstić information content (AvgIpc) is 3.11. The molecular formula is C39H36O6Si2. The predicted molar refractivity (Wildman–Crippen MR) is 188 cm³/mol. The maximum Gasteiger partial charge on any atom is 0.711 e. The number of benzene rings is 6. The molecule has 236 valence electrons. The summed E-state index contributed by atoms with van der Waals surface area (Å²) in [5, 5.41) is -0.656. The molecule has 47 heavy (non-hydrogen) atoms.